The minimum absolute atomic E-state index is 0.108. The average Bonchev–Trinajstić information content (AvgIpc) is 2.05. The molecule has 0 aliphatic rings. The van der Waals surface area contributed by atoms with E-state index in [1.54, 1.807) is 18.2 Å². The molecule has 0 aliphatic heterocycles. The van der Waals surface area contributed by atoms with Gasteiger partial charge in [-0.15, -0.1) is 0 Å². The molecule has 0 heterocycles. The monoisotopic (exact) mass is 189 g/mol. The Bertz CT molecular complexity index is 302. The highest BCUT2D eigenvalue weighted by Crippen LogP contribution is 2.16. The summed E-state index contributed by atoms with van der Waals surface area (Å²) < 4.78 is 36.4. The summed E-state index contributed by atoms with van der Waals surface area (Å²) >= 11 is 0. The minimum atomic E-state index is -3.18. The van der Waals surface area contributed by atoms with Crippen molar-refractivity contribution in [2.24, 2.45) is 0 Å². The Labute approximate surface area is 70.9 Å². The summed E-state index contributed by atoms with van der Waals surface area (Å²) in [6, 6.07) is 7.67. The zero-order valence-corrected chi connectivity index (χ0v) is 6.83. The van der Waals surface area contributed by atoms with Gasteiger partial charge in [0.25, 0.3) is 11.0 Å². The molecule has 0 N–H and O–H groups in total. The minimum Gasteiger partial charge on any atom is -0.221 e. The third kappa shape index (κ3) is 2.60. The normalized spacial score (nSPS) is 10.9. The zero-order valence-electron chi connectivity index (χ0n) is 5.94. The van der Waals surface area contributed by atoms with Gasteiger partial charge in [-0.3, -0.25) is 0 Å². The number of benzene rings is 1. The van der Waals surface area contributed by atoms with Crippen molar-refractivity contribution in [3.05, 3.63) is 42.3 Å². The van der Waals surface area contributed by atoms with Crippen LogP contribution in [0.5, 0.6) is 0 Å². The maximum atomic E-state index is 12.7. The van der Waals surface area contributed by atoms with Crippen LogP contribution in [0.4, 0.5) is 4.39 Å². The fourth-order valence-electron chi connectivity index (χ4n) is 0.687. The molecule has 1 aromatic rings. The first-order chi connectivity index (χ1) is 5.70. The predicted octanol–water partition coefficient (Wildman–Crippen LogP) is 1.04. The SMILES string of the molecule is O=[SH](=O)O[C](F)c1ccccc1. The second kappa shape index (κ2) is 4.18. The lowest BCUT2D eigenvalue weighted by molar-refractivity contribution is 0.235. The van der Waals surface area contributed by atoms with Gasteiger partial charge in [0.05, 0.1) is 0 Å². The highest BCUT2D eigenvalue weighted by Gasteiger charge is 2.12. The summed E-state index contributed by atoms with van der Waals surface area (Å²) in [5.41, 5.74) is 0.108. The molecular formula is C7H6FO3S. The molecule has 0 saturated carbocycles. The van der Waals surface area contributed by atoms with Gasteiger partial charge in [0, 0.05) is 5.56 Å². The maximum absolute atomic E-state index is 12.7. The van der Waals surface area contributed by atoms with Crippen molar-refractivity contribution >= 4 is 11.0 Å². The molecule has 0 amide bonds. The second-order valence-electron chi connectivity index (χ2n) is 1.95. The van der Waals surface area contributed by atoms with Crippen LogP contribution >= 0.6 is 0 Å². The van der Waals surface area contributed by atoms with Crippen LogP contribution in [-0.4, -0.2) is 8.42 Å². The molecule has 5 heteroatoms. The Balaban J connectivity index is 2.71. The van der Waals surface area contributed by atoms with Crippen LogP contribution in [-0.2, 0) is 15.2 Å². The molecule has 0 atom stereocenters. The Morgan fingerprint density at radius 1 is 1.25 bits per heavy atom. The Hall–Kier alpha value is -0.940. The van der Waals surface area contributed by atoms with Crippen molar-refractivity contribution in [3.63, 3.8) is 0 Å². The van der Waals surface area contributed by atoms with Crippen LogP contribution in [0.1, 0.15) is 5.56 Å². The van der Waals surface area contributed by atoms with Gasteiger partial charge in [-0.1, -0.05) is 30.3 Å². The molecule has 12 heavy (non-hydrogen) atoms. The van der Waals surface area contributed by atoms with E-state index in [0.717, 1.165) is 0 Å². The molecule has 0 saturated heterocycles. The van der Waals surface area contributed by atoms with E-state index in [-0.39, 0.29) is 5.56 Å². The molecule has 1 radical (unpaired) electrons. The van der Waals surface area contributed by atoms with Crippen LogP contribution in [0.15, 0.2) is 30.3 Å². The largest absolute Gasteiger partial charge is 0.314 e. The lowest BCUT2D eigenvalue weighted by Gasteiger charge is -2.00. The van der Waals surface area contributed by atoms with Crippen molar-refractivity contribution in [3.8, 4) is 0 Å². The van der Waals surface area contributed by atoms with Crippen molar-refractivity contribution < 1.29 is 17.0 Å². The standard InChI is InChI=1S/C7H6FO3S/c8-7(11-12(9)10)6-4-2-1-3-5-6/h1-5,12H. The third-order valence-corrected chi connectivity index (χ3v) is 1.46. The van der Waals surface area contributed by atoms with E-state index in [1.165, 1.54) is 12.1 Å². The van der Waals surface area contributed by atoms with Crippen LogP contribution in [0.2, 0.25) is 0 Å². The lowest BCUT2D eigenvalue weighted by Crippen LogP contribution is -1.96. The highest BCUT2D eigenvalue weighted by atomic mass is 32.2. The molecule has 3 nitrogen and oxygen atoms in total. The van der Waals surface area contributed by atoms with Gasteiger partial charge in [0.1, 0.15) is 0 Å². The summed E-state index contributed by atoms with van der Waals surface area (Å²) in [6.07, 6.45) is -1.10. The summed E-state index contributed by atoms with van der Waals surface area (Å²) in [5, 5.41) is 0. The molecule has 0 unspecified atom stereocenters. The van der Waals surface area contributed by atoms with E-state index < -0.39 is 17.3 Å². The Morgan fingerprint density at radius 3 is 2.33 bits per heavy atom. The second-order valence-corrected chi connectivity index (χ2v) is 2.58. The molecule has 0 aliphatic carbocycles. The quantitative estimate of drug-likeness (QED) is 0.722. The number of hydrogen-bond donors (Lipinski definition) is 1. The van der Waals surface area contributed by atoms with Crippen molar-refractivity contribution in [2.45, 2.75) is 0 Å². The molecule has 0 spiro atoms. The summed E-state index contributed by atoms with van der Waals surface area (Å²) in [5.74, 6) is 0. The molecule has 1 rings (SSSR count). The smallest absolute Gasteiger partial charge is 0.221 e. The van der Waals surface area contributed by atoms with Gasteiger partial charge < -0.3 is 0 Å². The summed E-state index contributed by atoms with van der Waals surface area (Å²) in [4.78, 5) is 0. The fourth-order valence-corrected chi connectivity index (χ4v) is 0.924. The molecule has 0 aromatic heterocycles. The first kappa shape index (κ1) is 9.15. The first-order valence-corrected chi connectivity index (χ1v) is 4.20. The molecule has 1 aromatic carbocycles. The number of hydrogen-bond acceptors (Lipinski definition) is 3. The third-order valence-electron chi connectivity index (χ3n) is 1.16. The van der Waals surface area contributed by atoms with Gasteiger partial charge in [-0.2, -0.15) is 4.39 Å². The summed E-state index contributed by atoms with van der Waals surface area (Å²) in [6.45, 7) is 0. The number of halogens is 1. The van der Waals surface area contributed by atoms with Gasteiger partial charge >= 0.3 is 6.36 Å². The van der Waals surface area contributed by atoms with Gasteiger partial charge in [0.2, 0.25) is 0 Å². The summed E-state index contributed by atoms with van der Waals surface area (Å²) in [7, 11) is -3.18. The van der Waals surface area contributed by atoms with Crippen LogP contribution < -0.4 is 0 Å². The molecule has 65 valence electrons. The fraction of sp³-hybridized carbons (Fsp3) is 0. The van der Waals surface area contributed by atoms with Crippen molar-refractivity contribution in [1.29, 1.82) is 0 Å². The van der Waals surface area contributed by atoms with Crippen molar-refractivity contribution in [1.82, 2.24) is 0 Å². The van der Waals surface area contributed by atoms with Gasteiger partial charge in [-0.05, 0) is 0 Å². The van der Waals surface area contributed by atoms with Crippen LogP contribution in [0.25, 0.3) is 0 Å². The predicted molar refractivity (Wildman–Crippen MR) is 41.3 cm³/mol. The van der Waals surface area contributed by atoms with E-state index in [4.69, 9.17) is 0 Å². The Morgan fingerprint density at radius 2 is 1.83 bits per heavy atom. The highest BCUT2D eigenvalue weighted by molar-refractivity contribution is 7.67. The van der Waals surface area contributed by atoms with E-state index >= 15 is 0 Å². The van der Waals surface area contributed by atoms with E-state index in [2.05, 4.69) is 4.18 Å². The van der Waals surface area contributed by atoms with Gasteiger partial charge in [-0.25, -0.2) is 12.6 Å². The molecule has 0 fully saturated rings. The van der Waals surface area contributed by atoms with E-state index in [0.29, 0.717) is 0 Å². The maximum Gasteiger partial charge on any atom is 0.314 e. The molecule has 0 bridgehead atoms. The first-order valence-electron chi connectivity index (χ1n) is 3.10. The average molecular weight is 189 g/mol. The zero-order chi connectivity index (χ0) is 8.97. The molecular weight excluding hydrogens is 183 g/mol. The van der Waals surface area contributed by atoms with E-state index in [9.17, 15) is 12.8 Å². The topological polar surface area (TPSA) is 43.4 Å². The van der Waals surface area contributed by atoms with Crippen LogP contribution in [0, 0.1) is 6.36 Å². The number of rotatable bonds is 3. The van der Waals surface area contributed by atoms with Gasteiger partial charge in [0.15, 0.2) is 0 Å². The lowest BCUT2D eigenvalue weighted by atomic mass is 10.2. The van der Waals surface area contributed by atoms with E-state index in [1.807, 2.05) is 0 Å². The van der Waals surface area contributed by atoms with Crippen LogP contribution in [0.3, 0.4) is 0 Å². The Kier molecular flexibility index (Phi) is 3.19. The number of thiol groups is 1. The van der Waals surface area contributed by atoms with Crippen molar-refractivity contribution in [2.75, 3.05) is 0 Å².